The summed E-state index contributed by atoms with van der Waals surface area (Å²) in [5, 5.41) is 0. The first kappa shape index (κ1) is 19.6. The molecule has 2 heterocycles. The Balaban J connectivity index is 1.57. The van der Waals surface area contributed by atoms with Gasteiger partial charge in [0.05, 0.1) is 6.54 Å². The van der Waals surface area contributed by atoms with Gasteiger partial charge in [0, 0.05) is 37.9 Å². The largest absolute Gasteiger partial charge is 0.444 e. The molecule has 0 unspecified atom stereocenters. The second-order valence-electron chi connectivity index (χ2n) is 8.33. The summed E-state index contributed by atoms with van der Waals surface area (Å²) in [6, 6.07) is 4.58. The fraction of sp³-hybridized carbons (Fsp3) is 0.600. The van der Waals surface area contributed by atoms with Gasteiger partial charge in [-0.1, -0.05) is 6.07 Å². The quantitative estimate of drug-likeness (QED) is 0.795. The van der Waals surface area contributed by atoms with Crippen LogP contribution in [0.4, 0.5) is 14.9 Å². The van der Waals surface area contributed by atoms with Crippen molar-refractivity contribution in [3.63, 3.8) is 0 Å². The Labute approximate surface area is 159 Å². The molecule has 7 heteroatoms. The van der Waals surface area contributed by atoms with Gasteiger partial charge in [-0.3, -0.25) is 9.69 Å². The molecule has 0 N–H and O–H groups in total. The van der Waals surface area contributed by atoms with E-state index in [0.29, 0.717) is 31.9 Å². The third-order valence-corrected chi connectivity index (χ3v) is 4.94. The SMILES string of the molecule is C[C@@H]1CN(CC(=O)N2CCc3ccc(F)cc32)CCN1C(=O)OC(C)(C)C. The van der Waals surface area contributed by atoms with Crippen molar-refractivity contribution < 1.29 is 18.7 Å². The van der Waals surface area contributed by atoms with Gasteiger partial charge in [-0.2, -0.15) is 0 Å². The van der Waals surface area contributed by atoms with E-state index < -0.39 is 5.60 Å². The number of ether oxygens (including phenoxy) is 1. The molecule has 0 radical (unpaired) electrons. The summed E-state index contributed by atoms with van der Waals surface area (Å²) in [6.07, 6.45) is 0.439. The van der Waals surface area contributed by atoms with Crippen molar-refractivity contribution in [2.45, 2.75) is 45.8 Å². The van der Waals surface area contributed by atoms with Gasteiger partial charge in [0.1, 0.15) is 11.4 Å². The maximum Gasteiger partial charge on any atom is 0.410 e. The van der Waals surface area contributed by atoms with E-state index in [0.717, 1.165) is 12.0 Å². The molecule has 0 saturated carbocycles. The number of carbonyl (C=O) groups is 2. The highest BCUT2D eigenvalue weighted by Gasteiger charge is 2.33. The van der Waals surface area contributed by atoms with Crippen molar-refractivity contribution in [1.29, 1.82) is 0 Å². The lowest BCUT2D eigenvalue weighted by Gasteiger charge is -2.40. The van der Waals surface area contributed by atoms with Crippen LogP contribution in [0.1, 0.15) is 33.3 Å². The van der Waals surface area contributed by atoms with Gasteiger partial charge in [0.15, 0.2) is 0 Å². The zero-order valence-corrected chi connectivity index (χ0v) is 16.5. The molecule has 1 aromatic carbocycles. The van der Waals surface area contributed by atoms with Crippen LogP contribution in [0.2, 0.25) is 0 Å². The minimum absolute atomic E-state index is 0.0303. The molecule has 27 heavy (non-hydrogen) atoms. The molecule has 1 aromatic rings. The molecule has 2 aliphatic rings. The molecule has 0 spiro atoms. The smallest absolute Gasteiger partial charge is 0.410 e. The van der Waals surface area contributed by atoms with Crippen LogP contribution in [0.25, 0.3) is 0 Å². The number of benzene rings is 1. The lowest BCUT2D eigenvalue weighted by atomic mass is 10.1. The standard InChI is InChI=1S/C20H28FN3O3/c1-14-12-22(9-10-23(14)19(26)27-20(2,3)4)13-18(25)24-8-7-15-5-6-16(21)11-17(15)24/h5-6,11,14H,7-10,12-13H2,1-4H3/t14-/m1/s1. The molecular weight excluding hydrogens is 349 g/mol. The summed E-state index contributed by atoms with van der Waals surface area (Å²) < 4.78 is 19.0. The summed E-state index contributed by atoms with van der Waals surface area (Å²) >= 11 is 0. The Morgan fingerprint density at radius 1 is 1.22 bits per heavy atom. The Hall–Kier alpha value is -2.15. The van der Waals surface area contributed by atoms with Gasteiger partial charge in [-0.05, 0) is 51.8 Å². The topological polar surface area (TPSA) is 53.1 Å². The van der Waals surface area contributed by atoms with E-state index in [-0.39, 0.29) is 30.4 Å². The molecule has 2 amide bonds. The zero-order chi connectivity index (χ0) is 19.8. The van der Waals surface area contributed by atoms with Crippen molar-refractivity contribution in [3.8, 4) is 0 Å². The van der Waals surface area contributed by atoms with E-state index in [2.05, 4.69) is 0 Å². The molecule has 1 saturated heterocycles. The van der Waals surface area contributed by atoms with Crippen molar-refractivity contribution in [3.05, 3.63) is 29.6 Å². The molecule has 6 nitrogen and oxygen atoms in total. The Morgan fingerprint density at radius 2 is 1.96 bits per heavy atom. The number of hydrogen-bond acceptors (Lipinski definition) is 4. The number of fused-ring (bicyclic) bond motifs is 1. The van der Waals surface area contributed by atoms with Gasteiger partial charge in [-0.15, -0.1) is 0 Å². The summed E-state index contributed by atoms with van der Waals surface area (Å²) in [4.78, 5) is 30.5. The molecular formula is C20H28FN3O3. The van der Waals surface area contributed by atoms with Crippen LogP contribution in [0.15, 0.2) is 18.2 Å². The van der Waals surface area contributed by atoms with Crippen LogP contribution >= 0.6 is 0 Å². The van der Waals surface area contributed by atoms with Crippen LogP contribution in [0, 0.1) is 5.82 Å². The highest BCUT2D eigenvalue weighted by Crippen LogP contribution is 2.29. The average Bonchev–Trinajstić information content (AvgIpc) is 2.96. The minimum Gasteiger partial charge on any atom is -0.444 e. The highest BCUT2D eigenvalue weighted by atomic mass is 19.1. The first-order chi connectivity index (χ1) is 12.6. The molecule has 1 fully saturated rings. The van der Waals surface area contributed by atoms with Gasteiger partial charge in [0.2, 0.25) is 5.91 Å². The maximum atomic E-state index is 13.5. The lowest BCUT2D eigenvalue weighted by Crippen LogP contribution is -2.56. The normalized spacial score (nSPS) is 20.6. The summed E-state index contributed by atoms with van der Waals surface area (Å²) in [5.41, 5.74) is 1.16. The predicted molar refractivity (Wildman–Crippen MR) is 101 cm³/mol. The lowest BCUT2D eigenvalue weighted by molar-refractivity contribution is -0.120. The van der Waals surface area contributed by atoms with E-state index in [1.165, 1.54) is 12.1 Å². The first-order valence-electron chi connectivity index (χ1n) is 9.45. The Bertz CT molecular complexity index is 732. The fourth-order valence-electron chi connectivity index (χ4n) is 3.66. The van der Waals surface area contributed by atoms with Crippen molar-refractivity contribution in [2.24, 2.45) is 0 Å². The zero-order valence-electron chi connectivity index (χ0n) is 16.5. The summed E-state index contributed by atoms with van der Waals surface area (Å²) in [7, 11) is 0. The maximum absolute atomic E-state index is 13.5. The van der Waals surface area contributed by atoms with Crippen molar-refractivity contribution in [1.82, 2.24) is 9.80 Å². The second-order valence-corrected chi connectivity index (χ2v) is 8.33. The van der Waals surface area contributed by atoms with E-state index in [9.17, 15) is 14.0 Å². The molecule has 1 atom stereocenters. The number of carbonyl (C=O) groups excluding carboxylic acids is 2. The fourth-order valence-corrected chi connectivity index (χ4v) is 3.66. The number of rotatable bonds is 2. The van der Waals surface area contributed by atoms with E-state index in [4.69, 9.17) is 4.74 Å². The van der Waals surface area contributed by atoms with Crippen LogP contribution in [0.3, 0.4) is 0 Å². The van der Waals surface area contributed by atoms with E-state index in [1.54, 1.807) is 15.9 Å². The number of anilines is 1. The number of amides is 2. The van der Waals surface area contributed by atoms with Gasteiger partial charge >= 0.3 is 6.09 Å². The molecule has 148 valence electrons. The highest BCUT2D eigenvalue weighted by molar-refractivity contribution is 5.96. The van der Waals surface area contributed by atoms with Crippen LogP contribution in [-0.4, -0.2) is 66.2 Å². The van der Waals surface area contributed by atoms with Crippen molar-refractivity contribution >= 4 is 17.7 Å². The molecule has 0 bridgehead atoms. The van der Waals surface area contributed by atoms with Crippen LogP contribution in [0.5, 0.6) is 0 Å². The van der Waals surface area contributed by atoms with Gasteiger partial charge in [0.25, 0.3) is 0 Å². The number of nitrogens with zero attached hydrogens (tertiary/aromatic N) is 3. The Kier molecular flexibility index (Phi) is 5.42. The monoisotopic (exact) mass is 377 g/mol. The predicted octanol–water partition coefficient (Wildman–Crippen LogP) is 2.66. The summed E-state index contributed by atoms with van der Waals surface area (Å²) in [6.45, 7) is 10.1. The molecule has 0 aliphatic carbocycles. The van der Waals surface area contributed by atoms with Crippen LogP contribution in [-0.2, 0) is 16.0 Å². The third kappa shape index (κ3) is 4.58. The van der Waals surface area contributed by atoms with Crippen molar-refractivity contribution in [2.75, 3.05) is 37.6 Å². The van der Waals surface area contributed by atoms with E-state index >= 15 is 0 Å². The number of piperazine rings is 1. The summed E-state index contributed by atoms with van der Waals surface area (Å²) in [5.74, 6) is -0.356. The van der Waals surface area contributed by atoms with Gasteiger partial charge < -0.3 is 14.5 Å². The van der Waals surface area contributed by atoms with Gasteiger partial charge in [-0.25, -0.2) is 9.18 Å². The minimum atomic E-state index is -0.525. The number of halogens is 1. The van der Waals surface area contributed by atoms with Crippen LogP contribution < -0.4 is 4.90 Å². The Morgan fingerprint density at radius 3 is 2.63 bits per heavy atom. The molecule has 3 rings (SSSR count). The third-order valence-electron chi connectivity index (χ3n) is 4.94. The molecule has 0 aromatic heterocycles. The first-order valence-corrected chi connectivity index (χ1v) is 9.45. The number of hydrogen-bond donors (Lipinski definition) is 0. The average molecular weight is 377 g/mol. The second kappa shape index (κ2) is 7.46. The van der Waals surface area contributed by atoms with E-state index in [1.807, 2.05) is 32.6 Å². The molecule has 2 aliphatic heterocycles.